The molecule has 0 radical (unpaired) electrons. The van der Waals surface area contributed by atoms with Crippen molar-refractivity contribution in [2.75, 3.05) is 32.7 Å². The van der Waals surface area contributed by atoms with Gasteiger partial charge in [-0.2, -0.15) is 13.2 Å². The Hall–Kier alpha value is -1.76. The van der Waals surface area contributed by atoms with Gasteiger partial charge in [-0.1, -0.05) is 12.1 Å². The summed E-state index contributed by atoms with van der Waals surface area (Å²) in [5.41, 5.74) is 0.178. The third kappa shape index (κ3) is 3.63. The van der Waals surface area contributed by atoms with Crippen molar-refractivity contribution in [3.8, 4) is 5.75 Å². The van der Waals surface area contributed by atoms with Gasteiger partial charge in [0.15, 0.2) is 0 Å². The van der Waals surface area contributed by atoms with E-state index >= 15 is 0 Å². The van der Waals surface area contributed by atoms with Gasteiger partial charge in [-0.3, -0.25) is 9.69 Å². The fourth-order valence-electron chi connectivity index (χ4n) is 2.19. The van der Waals surface area contributed by atoms with E-state index in [1.807, 2.05) is 0 Å². The number of halogens is 3. The number of phenols is 1. The minimum absolute atomic E-state index is 0.116. The van der Waals surface area contributed by atoms with Gasteiger partial charge in [0.05, 0.1) is 12.1 Å². The first-order valence-electron chi connectivity index (χ1n) is 6.23. The number of para-hydroxylation sites is 1. The van der Waals surface area contributed by atoms with Crippen LogP contribution in [-0.4, -0.2) is 59.7 Å². The molecular weight excluding hydrogens is 273 g/mol. The van der Waals surface area contributed by atoms with Crippen molar-refractivity contribution in [1.29, 1.82) is 0 Å². The fourth-order valence-corrected chi connectivity index (χ4v) is 2.19. The predicted octanol–water partition coefficient (Wildman–Crippen LogP) is 1.71. The smallest absolute Gasteiger partial charge is 0.401 e. The summed E-state index contributed by atoms with van der Waals surface area (Å²) in [5.74, 6) is -0.468. The van der Waals surface area contributed by atoms with Crippen molar-refractivity contribution in [3.05, 3.63) is 29.8 Å². The van der Waals surface area contributed by atoms with Gasteiger partial charge >= 0.3 is 6.18 Å². The number of alkyl halides is 3. The lowest BCUT2D eigenvalue weighted by atomic mass is 10.1. The first kappa shape index (κ1) is 14.6. The van der Waals surface area contributed by atoms with Crippen LogP contribution < -0.4 is 0 Å². The van der Waals surface area contributed by atoms with Crippen LogP contribution in [0.3, 0.4) is 0 Å². The number of phenolic OH excluding ortho intramolecular Hbond substituents is 1. The highest BCUT2D eigenvalue weighted by molar-refractivity contribution is 5.96. The number of carbonyl (C=O) groups is 1. The lowest BCUT2D eigenvalue weighted by Crippen LogP contribution is -2.50. The molecule has 1 aromatic carbocycles. The Labute approximate surface area is 114 Å². The van der Waals surface area contributed by atoms with Crippen molar-refractivity contribution >= 4 is 5.91 Å². The van der Waals surface area contributed by atoms with Crippen LogP contribution in [0.1, 0.15) is 10.4 Å². The zero-order valence-corrected chi connectivity index (χ0v) is 10.7. The summed E-state index contributed by atoms with van der Waals surface area (Å²) < 4.78 is 36.8. The molecule has 1 aliphatic rings. The molecule has 0 saturated carbocycles. The fraction of sp³-hybridized carbons (Fsp3) is 0.462. The Morgan fingerprint density at radius 2 is 1.75 bits per heavy atom. The number of aromatic hydroxyl groups is 1. The molecule has 2 rings (SSSR count). The van der Waals surface area contributed by atoms with Crippen molar-refractivity contribution in [2.24, 2.45) is 0 Å². The summed E-state index contributed by atoms with van der Waals surface area (Å²) in [5, 5.41) is 9.61. The van der Waals surface area contributed by atoms with E-state index in [9.17, 15) is 23.1 Å². The predicted molar refractivity (Wildman–Crippen MR) is 66.5 cm³/mol. The molecule has 7 heteroatoms. The molecule has 0 bridgehead atoms. The van der Waals surface area contributed by atoms with Crippen molar-refractivity contribution in [1.82, 2.24) is 9.80 Å². The Balaban J connectivity index is 1.94. The molecule has 1 aromatic rings. The number of benzene rings is 1. The van der Waals surface area contributed by atoms with E-state index in [2.05, 4.69) is 0 Å². The molecular formula is C13H15F3N2O2. The zero-order chi connectivity index (χ0) is 14.8. The standard InChI is InChI=1S/C13H15F3N2O2/c14-13(15,16)9-17-5-7-18(8-6-17)12(20)10-3-1-2-4-11(10)19/h1-4,19H,5-9H2. The van der Waals surface area contributed by atoms with Crippen LogP contribution in [0.5, 0.6) is 5.75 Å². The second-order valence-electron chi connectivity index (χ2n) is 4.70. The van der Waals surface area contributed by atoms with E-state index in [0.29, 0.717) is 0 Å². The van der Waals surface area contributed by atoms with E-state index in [1.54, 1.807) is 12.1 Å². The van der Waals surface area contributed by atoms with Crippen molar-refractivity contribution < 1.29 is 23.1 Å². The van der Waals surface area contributed by atoms with Gasteiger partial charge < -0.3 is 10.0 Å². The van der Waals surface area contributed by atoms with E-state index in [0.717, 1.165) is 0 Å². The molecule has 1 amide bonds. The summed E-state index contributed by atoms with van der Waals surface area (Å²) in [4.78, 5) is 14.9. The number of hydrogen-bond donors (Lipinski definition) is 1. The van der Waals surface area contributed by atoms with Gasteiger partial charge in [0.25, 0.3) is 5.91 Å². The van der Waals surface area contributed by atoms with Gasteiger partial charge in [0, 0.05) is 26.2 Å². The van der Waals surface area contributed by atoms with Crippen LogP contribution in [0.15, 0.2) is 24.3 Å². The third-order valence-corrected chi connectivity index (χ3v) is 3.20. The summed E-state index contributed by atoms with van der Waals surface area (Å²) in [7, 11) is 0. The molecule has 110 valence electrons. The first-order valence-corrected chi connectivity index (χ1v) is 6.23. The average Bonchev–Trinajstić information content (AvgIpc) is 2.37. The molecule has 1 heterocycles. The number of carbonyl (C=O) groups excluding carboxylic acids is 1. The first-order chi connectivity index (χ1) is 9.37. The second kappa shape index (κ2) is 5.70. The summed E-state index contributed by atoms with van der Waals surface area (Å²) in [6.45, 7) is -0.143. The highest BCUT2D eigenvalue weighted by atomic mass is 19.4. The summed E-state index contributed by atoms with van der Waals surface area (Å²) in [6, 6.07) is 6.15. The van der Waals surface area contributed by atoms with Crippen LogP contribution >= 0.6 is 0 Å². The Morgan fingerprint density at radius 1 is 1.15 bits per heavy atom. The summed E-state index contributed by atoms with van der Waals surface area (Å²) >= 11 is 0. The molecule has 0 unspecified atom stereocenters. The Bertz CT molecular complexity index is 483. The molecule has 0 spiro atoms. The monoisotopic (exact) mass is 288 g/mol. The quantitative estimate of drug-likeness (QED) is 0.901. The minimum atomic E-state index is -4.22. The van der Waals surface area contributed by atoms with E-state index in [1.165, 1.54) is 21.9 Å². The average molecular weight is 288 g/mol. The second-order valence-corrected chi connectivity index (χ2v) is 4.70. The molecule has 0 atom stereocenters. The zero-order valence-electron chi connectivity index (χ0n) is 10.7. The van der Waals surface area contributed by atoms with Crippen LogP contribution in [0.4, 0.5) is 13.2 Å². The maximum atomic E-state index is 12.3. The molecule has 1 aliphatic heterocycles. The van der Waals surface area contributed by atoms with Crippen molar-refractivity contribution in [3.63, 3.8) is 0 Å². The van der Waals surface area contributed by atoms with Gasteiger partial charge in [-0.15, -0.1) is 0 Å². The normalized spacial score (nSPS) is 17.2. The van der Waals surface area contributed by atoms with E-state index in [4.69, 9.17) is 0 Å². The molecule has 4 nitrogen and oxygen atoms in total. The number of hydrogen-bond acceptors (Lipinski definition) is 3. The van der Waals surface area contributed by atoms with Gasteiger partial charge in [0.1, 0.15) is 5.75 Å². The number of piperazine rings is 1. The minimum Gasteiger partial charge on any atom is -0.507 e. The highest BCUT2D eigenvalue weighted by Crippen LogP contribution is 2.20. The van der Waals surface area contributed by atoms with E-state index < -0.39 is 12.7 Å². The number of nitrogens with zero attached hydrogens (tertiary/aromatic N) is 2. The van der Waals surface area contributed by atoms with Crippen molar-refractivity contribution in [2.45, 2.75) is 6.18 Å². The number of amides is 1. The third-order valence-electron chi connectivity index (χ3n) is 3.20. The van der Waals surface area contributed by atoms with Gasteiger partial charge in [-0.25, -0.2) is 0 Å². The maximum Gasteiger partial charge on any atom is 0.401 e. The van der Waals surface area contributed by atoms with Gasteiger partial charge in [-0.05, 0) is 12.1 Å². The molecule has 1 fully saturated rings. The van der Waals surface area contributed by atoms with Crippen LogP contribution in [-0.2, 0) is 0 Å². The lowest BCUT2D eigenvalue weighted by Gasteiger charge is -2.35. The maximum absolute atomic E-state index is 12.3. The SMILES string of the molecule is O=C(c1ccccc1O)N1CCN(CC(F)(F)F)CC1. The molecule has 20 heavy (non-hydrogen) atoms. The van der Waals surface area contributed by atoms with Crippen LogP contribution in [0.2, 0.25) is 0 Å². The van der Waals surface area contributed by atoms with Gasteiger partial charge in [0.2, 0.25) is 0 Å². The molecule has 1 saturated heterocycles. The highest BCUT2D eigenvalue weighted by Gasteiger charge is 2.33. The molecule has 0 aromatic heterocycles. The number of rotatable bonds is 2. The summed E-state index contributed by atoms with van der Waals surface area (Å²) in [6.07, 6.45) is -4.22. The Morgan fingerprint density at radius 3 is 2.30 bits per heavy atom. The topological polar surface area (TPSA) is 43.8 Å². The van der Waals surface area contributed by atoms with E-state index in [-0.39, 0.29) is 43.4 Å². The van der Waals surface area contributed by atoms with Crippen LogP contribution in [0, 0.1) is 0 Å². The lowest BCUT2D eigenvalue weighted by molar-refractivity contribution is -0.148. The van der Waals surface area contributed by atoms with Crippen LogP contribution in [0.25, 0.3) is 0 Å². The molecule has 1 N–H and O–H groups in total. The Kier molecular flexibility index (Phi) is 4.17. The largest absolute Gasteiger partial charge is 0.507 e. The molecule has 0 aliphatic carbocycles.